The summed E-state index contributed by atoms with van der Waals surface area (Å²) in [6, 6.07) is 3.25. The summed E-state index contributed by atoms with van der Waals surface area (Å²) in [5, 5.41) is 9.78. The van der Waals surface area contributed by atoms with Gasteiger partial charge in [0.2, 0.25) is 0 Å². The molecule has 0 fully saturated rings. The summed E-state index contributed by atoms with van der Waals surface area (Å²) >= 11 is 0. The van der Waals surface area contributed by atoms with Crippen LogP contribution in [0.2, 0.25) is 0 Å². The molecular formula is C14H21FO. The molecule has 0 aromatic heterocycles. The second-order valence-electron chi connectivity index (χ2n) is 6.32. The molecule has 16 heavy (non-hydrogen) atoms. The summed E-state index contributed by atoms with van der Waals surface area (Å²) < 4.78 is 14.4. The van der Waals surface area contributed by atoms with Crippen LogP contribution in [0.5, 0.6) is 5.75 Å². The van der Waals surface area contributed by atoms with Crippen molar-refractivity contribution < 1.29 is 9.50 Å². The van der Waals surface area contributed by atoms with Crippen molar-refractivity contribution in [2.45, 2.75) is 52.4 Å². The molecule has 2 heteroatoms. The number of aromatic hydroxyl groups is 1. The normalized spacial score (nSPS) is 12.9. The SMILES string of the molecule is CC(C)(C)c1ccc(O)c(C(C)(C)C)c1F. The minimum Gasteiger partial charge on any atom is -0.508 e. The van der Waals surface area contributed by atoms with Gasteiger partial charge in [-0.3, -0.25) is 0 Å². The van der Waals surface area contributed by atoms with Gasteiger partial charge in [-0.25, -0.2) is 4.39 Å². The predicted molar refractivity (Wildman–Crippen MR) is 65.5 cm³/mol. The molecule has 90 valence electrons. The first-order valence-corrected chi connectivity index (χ1v) is 5.57. The average molecular weight is 224 g/mol. The van der Waals surface area contributed by atoms with E-state index in [0.29, 0.717) is 11.1 Å². The Morgan fingerprint density at radius 2 is 1.44 bits per heavy atom. The van der Waals surface area contributed by atoms with Crippen LogP contribution in [-0.2, 0) is 10.8 Å². The number of hydrogen-bond acceptors (Lipinski definition) is 1. The number of phenols is 1. The molecule has 0 bridgehead atoms. The fraction of sp³-hybridized carbons (Fsp3) is 0.571. The van der Waals surface area contributed by atoms with Crippen molar-refractivity contribution in [1.82, 2.24) is 0 Å². The van der Waals surface area contributed by atoms with E-state index in [4.69, 9.17) is 0 Å². The van der Waals surface area contributed by atoms with E-state index in [0.717, 1.165) is 0 Å². The zero-order valence-corrected chi connectivity index (χ0v) is 11.0. The van der Waals surface area contributed by atoms with Crippen LogP contribution < -0.4 is 0 Å². The van der Waals surface area contributed by atoms with Gasteiger partial charge in [-0.15, -0.1) is 0 Å². The lowest BCUT2D eigenvalue weighted by atomic mass is 9.79. The quantitative estimate of drug-likeness (QED) is 0.702. The molecule has 0 atom stereocenters. The number of rotatable bonds is 0. The van der Waals surface area contributed by atoms with Crippen molar-refractivity contribution in [3.8, 4) is 5.75 Å². The van der Waals surface area contributed by atoms with Gasteiger partial charge in [0.05, 0.1) is 0 Å². The van der Waals surface area contributed by atoms with Crippen LogP contribution in [0.15, 0.2) is 12.1 Å². The van der Waals surface area contributed by atoms with Crippen molar-refractivity contribution in [2.24, 2.45) is 0 Å². The van der Waals surface area contributed by atoms with Gasteiger partial charge in [0.25, 0.3) is 0 Å². The second kappa shape index (κ2) is 3.76. The average Bonchev–Trinajstić information content (AvgIpc) is 1.97. The molecule has 1 aromatic carbocycles. The number of phenolic OH excluding ortho intramolecular Hbond substituents is 1. The summed E-state index contributed by atoms with van der Waals surface area (Å²) in [4.78, 5) is 0. The monoisotopic (exact) mass is 224 g/mol. The molecule has 1 N–H and O–H groups in total. The van der Waals surface area contributed by atoms with E-state index in [-0.39, 0.29) is 17.0 Å². The maximum absolute atomic E-state index is 14.4. The van der Waals surface area contributed by atoms with Crippen molar-refractivity contribution in [1.29, 1.82) is 0 Å². The molecule has 1 aromatic rings. The Bertz CT molecular complexity index is 394. The van der Waals surface area contributed by atoms with Gasteiger partial charge >= 0.3 is 0 Å². The standard InChI is InChI=1S/C14H21FO/c1-13(2,3)9-7-8-10(16)11(12(9)15)14(4,5)6/h7-8,16H,1-6H3. The smallest absolute Gasteiger partial charge is 0.134 e. The van der Waals surface area contributed by atoms with Gasteiger partial charge in [-0.05, 0) is 22.5 Å². The van der Waals surface area contributed by atoms with Gasteiger partial charge in [-0.1, -0.05) is 47.6 Å². The number of benzene rings is 1. The molecule has 0 amide bonds. The predicted octanol–water partition coefficient (Wildman–Crippen LogP) is 4.13. The molecule has 0 spiro atoms. The van der Waals surface area contributed by atoms with Gasteiger partial charge < -0.3 is 5.11 Å². The fourth-order valence-corrected chi connectivity index (χ4v) is 1.86. The van der Waals surface area contributed by atoms with Crippen LogP contribution in [0.4, 0.5) is 4.39 Å². The summed E-state index contributed by atoms with van der Waals surface area (Å²) in [6.45, 7) is 11.6. The van der Waals surface area contributed by atoms with Crippen molar-refractivity contribution in [2.75, 3.05) is 0 Å². The van der Waals surface area contributed by atoms with E-state index >= 15 is 0 Å². The van der Waals surface area contributed by atoms with Crippen molar-refractivity contribution in [3.05, 3.63) is 29.1 Å². The first-order chi connectivity index (χ1) is 7.05. The van der Waals surface area contributed by atoms with E-state index in [1.54, 1.807) is 12.1 Å². The van der Waals surface area contributed by atoms with Crippen LogP contribution in [0.3, 0.4) is 0 Å². The van der Waals surface area contributed by atoms with Gasteiger partial charge in [0.15, 0.2) is 0 Å². The van der Waals surface area contributed by atoms with Crippen LogP contribution in [0, 0.1) is 5.82 Å². The Hall–Kier alpha value is -1.05. The van der Waals surface area contributed by atoms with E-state index in [1.807, 2.05) is 41.5 Å². The number of hydrogen-bond donors (Lipinski definition) is 1. The third kappa shape index (κ3) is 2.37. The maximum atomic E-state index is 14.4. The van der Waals surface area contributed by atoms with Crippen LogP contribution in [0.1, 0.15) is 52.7 Å². The van der Waals surface area contributed by atoms with E-state index in [9.17, 15) is 9.50 Å². The lowest BCUT2D eigenvalue weighted by Gasteiger charge is -2.26. The van der Waals surface area contributed by atoms with Gasteiger partial charge in [-0.2, -0.15) is 0 Å². The topological polar surface area (TPSA) is 20.2 Å². The van der Waals surface area contributed by atoms with Gasteiger partial charge in [0, 0.05) is 5.56 Å². The van der Waals surface area contributed by atoms with Crippen LogP contribution in [-0.4, -0.2) is 5.11 Å². The van der Waals surface area contributed by atoms with Crippen molar-refractivity contribution >= 4 is 0 Å². The van der Waals surface area contributed by atoms with Gasteiger partial charge in [0.1, 0.15) is 11.6 Å². The largest absolute Gasteiger partial charge is 0.508 e. The molecule has 0 aliphatic heterocycles. The first-order valence-electron chi connectivity index (χ1n) is 5.57. The zero-order valence-electron chi connectivity index (χ0n) is 11.0. The van der Waals surface area contributed by atoms with Crippen molar-refractivity contribution in [3.63, 3.8) is 0 Å². The lowest BCUT2D eigenvalue weighted by molar-refractivity contribution is 0.419. The Kier molecular flexibility index (Phi) is 3.06. The summed E-state index contributed by atoms with van der Waals surface area (Å²) in [7, 11) is 0. The summed E-state index contributed by atoms with van der Waals surface area (Å²) in [5.41, 5.74) is 0.405. The highest BCUT2D eigenvalue weighted by atomic mass is 19.1. The van der Waals surface area contributed by atoms with E-state index in [1.165, 1.54) is 0 Å². The molecule has 0 saturated heterocycles. The molecular weight excluding hydrogens is 203 g/mol. The molecule has 0 saturated carbocycles. The van der Waals surface area contributed by atoms with Crippen LogP contribution in [0.25, 0.3) is 0 Å². The molecule has 0 heterocycles. The molecule has 0 unspecified atom stereocenters. The molecule has 1 nitrogen and oxygen atoms in total. The first kappa shape index (κ1) is 13.0. The Morgan fingerprint density at radius 3 is 1.81 bits per heavy atom. The zero-order chi connectivity index (χ0) is 12.7. The second-order valence-corrected chi connectivity index (χ2v) is 6.32. The Labute approximate surface area is 97.3 Å². The highest BCUT2D eigenvalue weighted by molar-refractivity contribution is 5.44. The maximum Gasteiger partial charge on any atom is 0.134 e. The molecule has 0 radical (unpaired) electrons. The minimum atomic E-state index is -0.393. The molecule has 0 aliphatic carbocycles. The van der Waals surface area contributed by atoms with E-state index in [2.05, 4.69) is 0 Å². The Morgan fingerprint density at radius 1 is 0.938 bits per heavy atom. The highest BCUT2D eigenvalue weighted by Crippen LogP contribution is 2.37. The summed E-state index contributed by atoms with van der Waals surface area (Å²) in [6.07, 6.45) is 0. The molecule has 1 rings (SSSR count). The lowest BCUT2D eigenvalue weighted by Crippen LogP contribution is -2.20. The third-order valence-electron chi connectivity index (χ3n) is 2.68. The Balaban J connectivity index is 3.52. The highest BCUT2D eigenvalue weighted by Gasteiger charge is 2.28. The molecule has 0 aliphatic rings. The minimum absolute atomic E-state index is 0.0398. The fourth-order valence-electron chi connectivity index (χ4n) is 1.86. The van der Waals surface area contributed by atoms with Crippen LogP contribution >= 0.6 is 0 Å². The van der Waals surface area contributed by atoms with E-state index < -0.39 is 5.41 Å². The number of halogens is 1. The third-order valence-corrected chi connectivity index (χ3v) is 2.68. The summed E-state index contributed by atoms with van der Waals surface area (Å²) in [5.74, 6) is -0.238.